The molecule has 24 heavy (non-hydrogen) atoms. The number of hydrogen-bond donors (Lipinski definition) is 0. The van der Waals surface area contributed by atoms with E-state index in [0.29, 0.717) is 37.8 Å². The summed E-state index contributed by atoms with van der Waals surface area (Å²) in [6.45, 7) is 1.71. The van der Waals surface area contributed by atoms with Gasteiger partial charge in [0.15, 0.2) is 0 Å². The first-order chi connectivity index (χ1) is 11.6. The Morgan fingerprint density at radius 3 is 2.79 bits per heavy atom. The molecule has 2 aliphatic rings. The smallest absolute Gasteiger partial charge is 0.235 e. The van der Waals surface area contributed by atoms with Crippen LogP contribution < -0.4 is 9.47 Å². The summed E-state index contributed by atoms with van der Waals surface area (Å²) < 4.78 is 10.9. The van der Waals surface area contributed by atoms with Crippen molar-refractivity contribution in [2.45, 2.75) is 25.4 Å². The number of rotatable bonds is 4. The van der Waals surface area contributed by atoms with Crippen molar-refractivity contribution in [3.63, 3.8) is 0 Å². The van der Waals surface area contributed by atoms with Crippen molar-refractivity contribution in [3.05, 3.63) is 12.4 Å². The molecule has 3 heterocycles. The highest BCUT2D eigenvalue weighted by molar-refractivity contribution is 5.89. The second kappa shape index (κ2) is 7.02. The summed E-state index contributed by atoms with van der Waals surface area (Å²) >= 11 is 0. The molecule has 2 amide bonds. The Bertz CT molecular complexity index is 624. The van der Waals surface area contributed by atoms with Crippen LogP contribution in [-0.4, -0.2) is 71.5 Å². The summed E-state index contributed by atoms with van der Waals surface area (Å²) in [5.74, 6) is 0.619. The first-order valence-electron chi connectivity index (χ1n) is 8.12. The molecule has 0 radical (unpaired) electrons. The largest absolute Gasteiger partial charge is 0.480 e. The van der Waals surface area contributed by atoms with Gasteiger partial charge in [-0.25, -0.2) is 0 Å². The van der Waals surface area contributed by atoms with Crippen LogP contribution >= 0.6 is 0 Å². The van der Waals surface area contributed by atoms with Gasteiger partial charge < -0.3 is 19.3 Å². The van der Waals surface area contributed by atoms with E-state index in [-0.39, 0.29) is 23.8 Å². The van der Waals surface area contributed by atoms with Crippen molar-refractivity contribution in [3.8, 4) is 11.8 Å². The maximum Gasteiger partial charge on any atom is 0.235 e. The fourth-order valence-electron chi connectivity index (χ4n) is 3.18. The molecule has 0 spiro atoms. The van der Waals surface area contributed by atoms with Crippen LogP contribution in [0, 0.1) is 5.92 Å². The minimum absolute atomic E-state index is 0.0322. The average molecular weight is 334 g/mol. The lowest BCUT2D eigenvalue weighted by Crippen LogP contribution is -2.47. The van der Waals surface area contributed by atoms with Gasteiger partial charge in [0.1, 0.15) is 6.10 Å². The van der Waals surface area contributed by atoms with Crippen molar-refractivity contribution < 1.29 is 19.1 Å². The fraction of sp³-hybridized carbons (Fsp3) is 0.625. The minimum atomic E-state index is -0.238. The van der Waals surface area contributed by atoms with Gasteiger partial charge in [-0.15, -0.1) is 0 Å². The third kappa shape index (κ3) is 3.58. The van der Waals surface area contributed by atoms with E-state index in [2.05, 4.69) is 9.97 Å². The molecule has 130 valence electrons. The number of ether oxygens (including phenoxy) is 2. The van der Waals surface area contributed by atoms with Crippen LogP contribution in [0.3, 0.4) is 0 Å². The first-order valence-corrected chi connectivity index (χ1v) is 8.12. The van der Waals surface area contributed by atoms with Crippen LogP contribution in [0.25, 0.3) is 0 Å². The number of carbonyl (C=O) groups excluding carboxylic acids is 2. The van der Waals surface area contributed by atoms with Crippen molar-refractivity contribution in [1.29, 1.82) is 0 Å². The molecule has 2 fully saturated rings. The van der Waals surface area contributed by atoms with Crippen LogP contribution in [0.15, 0.2) is 12.4 Å². The van der Waals surface area contributed by atoms with Crippen molar-refractivity contribution in [1.82, 2.24) is 19.8 Å². The number of aromatic nitrogens is 2. The third-order valence-electron chi connectivity index (χ3n) is 4.47. The molecule has 0 N–H and O–H groups in total. The number of methoxy groups -OCH3 is 1. The predicted octanol–water partition coefficient (Wildman–Crippen LogP) is 0.333. The predicted molar refractivity (Wildman–Crippen MR) is 84.6 cm³/mol. The Balaban J connectivity index is 1.59. The number of amides is 2. The summed E-state index contributed by atoms with van der Waals surface area (Å²) in [4.78, 5) is 35.9. The van der Waals surface area contributed by atoms with Crippen LogP contribution in [-0.2, 0) is 9.59 Å². The van der Waals surface area contributed by atoms with Gasteiger partial charge >= 0.3 is 0 Å². The molecule has 0 aromatic carbocycles. The quantitative estimate of drug-likeness (QED) is 0.789. The molecule has 2 aliphatic heterocycles. The molecule has 1 aromatic rings. The van der Waals surface area contributed by atoms with Crippen LogP contribution in [0.5, 0.6) is 11.8 Å². The zero-order valence-electron chi connectivity index (χ0n) is 14.0. The van der Waals surface area contributed by atoms with Gasteiger partial charge in [0.05, 0.1) is 32.0 Å². The topological polar surface area (TPSA) is 84.9 Å². The van der Waals surface area contributed by atoms with Crippen molar-refractivity contribution in [2.24, 2.45) is 5.92 Å². The summed E-state index contributed by atoms with van der Waals surface area (Å²) in [5, 5.41) is 0. The minimum Gasteiger partial charge on any atom is -0.480 e. The van der Waals surface area contributed by atoms with Gasteiger partial charge in [-0.2, -0.15) is 4.98 Å². The monoisotopic (exact) mass is 334 g/mol. The summed E-state index contributed by atoms with van der Waals surface area (Å²) in [5.41, 5.74) is 0. The molecule has 2 atom stereocenters. The number of piperidine rings is 1. The second-order valence-corrected chi connectivity index (χ2v) is 6.24. The lowest BCUT2D eigenvalue weighted by atomic mass is 10.0. The first kappa shape index (κ1) is 16.5. The van der Waals surface area contributed by atoms with Crippen LogP contribution in [0.1, 0.15) is 19.3 Å². The molecule has 8 heteroatoms. The maximum atomic E-state index is 12.6. The van der Waals surface area contributed by atoms with Gasteiger partial charge in [-0.05, 0) is 12.8 Å². The van der Waals surface area contributed by atoms with Gasteiger partial charge in [-0.1, -0.05) is 0 Å². The highest BCUT2D eigenvalue weighted by atomic mass is 16.5. The standard InChI is InChI=1S/C16H22N4O4/c1-19-9-11(6-15(19)21)16(22)20-5-3-4-12(10-20)24-14-8-17-7-13(18-14)23-2/h7-8,11-12H,3-6,9-10H2,1-2H3/t11-,12+/m1/s1. The normalized spacial score (nSPS) is 24.2. The zero-order chi connectivity index (χ0) is 17.1. The van der Waals surface area contributed by atoms with Gasteiger partial charge in [0.2, 0.25) is 23.6 Å². The maximum absolute atomic E-state index is 12.6. The van der Waals surface area contributed by atoms with Crippen LogP contribution in [0.4, 0.5) is 0 Å². The van der Waals surface area contributed by atoms with Crippen molar-refractivity contribution in [2.75, 3.05) is 33.8 Å². The SMILES string of the molecule is COc1cncc(O[C@H]2CCCN(C(=O)[C@@H]3CC(=O)N(C)C3)C2)n1. The summed E-state index contributed by atoms with van der Waals surface area (Å²) in [6, 6.07) is 0. The Morgan fingerprint density at radius 1 is 1.29 bits per heavy atom. The van der Waals surface area contributed by atoms with E-state index < -0.39 is 0 Å². The molecule has 0 unspecified atom stereocenters. The van der Waals surface area contributed by atoms with Gasteiger partial charge in [0, 0.05) is 26.6 Å². The molecular weight excluding hydrogens is 312 g/mol. The van der Waals surface area contributed by atoms with E-state index in [9.17, 15) is 9.59 Å². The number of likely N-dealkylation sites (tertiary alicyclic amines) is 2. The van der Waals surface area contributed by atoms with E-state index in [0.717, 1.165) is 12.8 Å². The Kier molecular flexibility index (Phi) is 4.82. The molecule has 0 bridgehead atoms. The van der Waals surface area contributed by atoms with Gasteiger partial charge in [-0.3, -0.25) is 14.6 Å². The lowest BCUT2D eigenvalue weighted by Gasteiger charge is -2.34. The van der Waals surface area contributed by atoms with E-state index in [1.807, 2.05) is 0 Å². The highest BCUT2D eigenvalue weighted by Crippen LogP contribution is 2.23. The Hall–Kier alpha value is -2.38. The Morgan fingerprint density at radius 2 is 2.08 bits per heavy atom. The van der Waals surface area contributed by atoms with E-state index >= 15 is 0 Å². The second-order valence-electron chi connectivity index (χ2n) is 6.24. The van der Waals surface area contributed by atoms with E-state index in [4.69, 9.17) is 9.47 Å². The molecule has 2 saturated heterocycles. The van der Waals surface area contributed by atoms with E-state index in [1.54, 1.807) is 16.8 Å². The molecule has 0 saturated carbocycles. The third-order valence-corrected chi connectivity index (χ3v) is 4.47. The molecule has 3 rings (SSSR count). The van der Waals surface area contributed by atoms with Crippen molar-refractivity contribution >= 4 is 11.8 Å². The number of carbonyl (C=O) groups is 2. The zero-order valence-corrected chi connectivity index (χ0v) is 14.0. The Labute approximate surface area is 140 Å². The molecule has 8 nitrogen and oxygen atoms in total. The summed E-state index contributed by atoms with van der Waals surface area (Å²) in [6.07, 6.45) is 4.94. The highest BCUT2D eigenvalue weighted by Gasteiger charge is 2.36. The lowest BCUT2D eigenvalue weighted by molar-refractivity contribution is -0.138. The molecule has 0 aliphatic carbocycles. The molecule has 1 aromatic heterocycles. The molecular formula is C16H22N4O4. The average Bonchev–Trinajstić information content (AvgIpc) is 2.93. The van der Waals surface area contributed by atoms with Gasteiger partial charge in [0.25, 0.3) is 0 Å². The fourth-order valence-corrected chi connectivity index (χ4v) is 3.18. The number of nitrogens with zero attached hydrogens (tertiary/aromatic N) is 4. The van der Waals surface area contributed by atoms with E-state index in [1.165, 1.54) is 19.5 Å². The van der Waals surface area contributed by atoms with Crippen LogP contribution in [0.2, 0.25) is 0 Å². The number of hydrogen-bond acceptors (Lipinski definition) is 6. The summed E-state index contributed by atoms with van der Waals surface area (Å²) in [7, 11) is 3.26.